The molecule has 1 atom stereocenters. The third-order valence-electron chi connectivity index (χ3n) is 3.78. The van der Waals surface area contributed by atoms with Gasteiger partial charge in [-0.15, -0.1) is 11.8 Å². The lowest BCUT2D eigenvalue weighted by Gasteiger charge is -2.17. The Balaban J connectivity index is 1.68. The van der Waals surface area contributed by atoms with E-state index in [0.29, 0.717) is 12.3 Å². The van der Waals surface area contributed by atoms with Crippen molar-refractivity contribution in [3.8, 4) is 0 Å². The summed E-state index contributed by atoms with van der Waals surface area (Å²) < 4.78 is 0. The molecule has 5 heteroatoms. The average Bonchev–Trinajstić information content (AvgIpc) is 3.01. The molecule has 0 aromatic heterocycles. The lowest BCUT2D eigenvalue weighted by atomic mass is 10.2. The Morgan fingerprint density at radius 3 is 2.82 bits per heavy atom. The lowest BCUT2D eigenvalue weighted by Crippen LogP contribution is -2.39. The molecule has 1 aromatic carbocycles. The Hall–Kier alpha value is -1.49. The van der Waals surface area contributed by atoms with Crippen LogP contribution >= 0.6 is 11.8 Å². The Kier molecular flexibility index (Phi) is 6.77. The molecule has 1 aromatic rings. The van der Waals surface area contributed by atoms with Gasteiger partial charge in [-0.05, 0) is 30.9 Å². The molecule has 1 N–H and O–H groups in total. The minimum absolute atomic E-state index is 0.0359. The maximum atomic E-state index is 12.1. The smallest absolute Gasteiger partial charge is 0.241 e. The van der Waals surface area contributed by atoms with E-state index in [4.69, 9.17) is 0 Å². The van der Waals surface area contributed by atoms with Crippen LogP contribution in [-0.2, 0) is 9.59 Å². The molecule has 2 rings (SSSR count). The standard InChI is InChI=1S/C17H24N2O2S/c1-2-6-16(20)18-11-17(21)19-10-9-14(12-19)13-22-15-7-4-3-5-8-15/h3-5,7-8,14H,2,6,9-13H2,1H3,(H,18,20). The molecule has 0 saturated carbocycles. The quantitative estimate of drug-likeness (QED) is 0.786. The van der Waals surface area contributed by atoms with Crippen molar-refractivity contribution in [3.63, 3.8) is 0 Å². The highest BCUT2D eigenvalue weighted by molar-refractivity contribution is 7.99. The zero-order chi connectivity index (χ0) is 15.8. The van der Waals surface area contributed by atoms with Crippen LogP contribution in [0.2, 0.25) is 0 Å². The minimum Gasteiger partial charge on any atom is -0.347 e. The van der Waals surface area contributed by atoms with Crippen LogP contribution in [0.15, 0.2) is 35.2 Å². The van der Waals surface area contributed by atoms with E-state index >= 15 is 0 Å². The lowest BCUT2D eigenvalue weighted by molar-refractivity contribution is -0.132. The molecule has 4 nitrogen and oxygen atoms in total. The summed E-state index contributed by atoms with van der Waals surface area (Å²) in [4.78, 5) is 26.6. The fourth-order valence-electron chi connectivity index (χ4n) is 2.53. The van der Waals surface area contributed by atoms with Crippen LogP contribution in [0.5, 0.6) is 0 Å². The second-order valence-corrected chi connectivity index (χ2v) is 6.74. The number of likely N-dealkylation sites (tertiary alicyclic amines) is 1. The third kappa shape index (κ3) is 5.37. The zero-order valence-corrected chi connectivity index (χ0v) is 13.9. The third-order valence-corrected chi connectivity index (χ3v) is 5.02. The summed E-state index contributed by atoms with van der Waals surface area (Å²) in [6, 6.07) is 10.3. The Morgan fingerprint density at radius 1 is 1.32 bits per heavy atom. The highest BCUT2D eigenvalue weighted by Crippen LogP contribution is 2.25. The molecule has 1 unspecified atom stereocenters. The summed E-state index contributed by atoms with van der Waals surface area (Å²) in [7, 11) is 0. The van der Waals surface area contributed by atoms with Crippen molar-refractivity contribution in [1.82, 2.24) is 10.2 Å². The molecule has 0 aliphatic carbocycles. The first kappa shape index (κ1) is 16.9. The van der Waals surface area contributed by atoms with E-state index in [0.717, 1.165) is 31.7 Å². The molecule has 120 valence electrons. The Morgan fingerprint density at radius 2 is 2.09 bits per heavy atom. The number of amides is 2. The summed E-state index contributed by atoms with van der Waals surface area (Å²) >= 11 is 1.85. The number of thioether (sulfide) groups is 1. The first-order valence-electron chi connectivity index (χ1n) is 7.91. The van der Waals surface area contributed by atoms with Gasteiger partial charge in [0.2, 0.25) is 11.8 Å². The van der Waals surface area contributed by atoms with Crippen LogP contribution < -0.4 is 5.32 Å². The molecule has 0 bridgehead atoms. The number of nitrogens with one attached hydrogen (secondary N) is 1. The highest BCUT2D eigenvalue weighted by Gasteiger charge is 2.26. The van der Waals surface area contributed by atoms with Crippen molar-refractivity contribution in [1.29, 1.82) is 0 Å². The van der Waals surface area contributed by atoms with Gasteiger partial charge in [-0.1, -0.05) is 25.1 Å². The second-order valence-electron chi connectivity index (χ2n) is 5.65. The topological polar surface area (TPSA) is 49.4 Å². The van der Waals surface area contributed by atoms with Crippen LogP contribution in [0.3, 0.4) is 0 Å². The van der Waals surface area contributed by atoms with Crippen molar-refractivity contribution in [2.75, 3.05) is 25.4 Å². The van der Waals surface area contributed by atoms with E-state index in [-0.39, 0.29) is 18.4 Å². The number of hydrogen-bond acceptors (Lipinski definition) is 3. The van der Waals surface area contributed by atoms with E-state index < -0.39 is 0 Å². The summed E-state index contributed by atoms with van der Waals surface area (Å²) in [6.07, 6.45) is 2.35. The van der Waals surface area contributed by atoms with Gasteiger partial charge >= 0.3 is 0 Å². The van der Waals surface area contributed by atoms with Crippen molar-refractivity contribution in [2.45, 2.75) is 31.1 Å². The number of carbonyl (C=O) groups is 2. The van der Waals surface area contributed by atoms with Crippen LogP contribution in [0.4, 0.5) is 0 Å². The minimum atomic E-state index is -0.0359. The number of hydrogen-bond donors (Lipinski definition) is 1. The molecule has 1 fully saturated rings. The molecule has 1 aliphatic rings. The molecule has 1 aliphatic heterocycles. The maximum absolute atomic E-state index is 12.1. The SMILES string of the molecule is CCCC(=O)NCC(=O)N1CCC(CSc2ccccc2)C1. The number of nitrogens with zero attached hydrogens (tertiary/aromatic N) is 1. The van der Waals surface area contributed by atoms with Crippen molar-refractivity contribution in [2.24, 2.45) is 5.92 Å². The zero-order valence-electron chi connectivity index (χ0n) is 13.1. The van der Waals surface area contributed by atoms with E-state index in [2.05, 4.69) is 17.4 Å². The Bertz CT molecular complexity index is 493. The van der Waals surface area contributed by atoms with Crippen molar-refractivity contribution < 1.29 is 9.59 Å². The monoisotopic (exact) mass is 320 g/mol. The fourth-order valence-corrected chi connectivity index (χ4v) is 3.58. The molecule has 0 radical (unpaired) electrons. The molecule has 22 heavy (non-hydrogen) atoms. The largest absolute Gasteiger partial charge is 0.347 e. The van der Waals surface area contributed by atoms with Crippen LogP contribution in [-0.4, -0.2) is 42.1 Å². The Labute approximate surface area is 136 Å². The highest BCUT2D eigenvalue weighted by atomic mass is 32.2. The predicted molar refractivity (Wildman–Crippen MR) is 89.8 cm³/mol. The number of benzene rings is 1. The summed E-state index contributed by atoms with van der Waals surface area (Å²) in [5.74, 6) is 1.58. The molecular weight excluding hydrogens is 296 g/mol. The molecule has 2 amide bonds. The van der Waals surface area contributed by atoms with Gasteiger partial charge in [-0.3, -0.25) is 9.59 Å². The van der Waals surface area contributed by atoms with E-state index in [1.165, 1.54) is 4.90 Å². The number of rotatable bonds is 7. The predicted octanol–water partition coefficient (Wildman–Crippen LogP) is 2.54. The normalized spacial score (nSPS) is 17.5. The molecule has 1 heterocycles. The summed E-state index contributed by atoms with van der Waals surface area (Å²) in [5.41, 5.74) is 0. The fraction of sp³-hybridized carbons (Fsp3) is 0.529. The average molecular weight is 320 g/mol. The van der Waals surface area contributed by atoms with Gasteiger partial charge in [0.15, 0.2) is 0 Å². The molecule has 0 spiro atoms. The first-order valence-corrected chi connectivity index (χ1v) is 8.90. The van der Waals surface area contributed by atoms with Gasteiger partial charge in [-0.25, -0.2) is 0 Å². The van der Waals surface area contributed by atoms with E-state index in [9.17, 15) is 9.59 Å². The van der Waals surface area contributed by atoms with E-state index in [1.807, 2.05) is 41.8 Å². The first-order chi connectivity index (χ1) is 10.7. The van der Waals surface area contributed by atoms with Crippen LogP contribution in [0.25, 0.3) is 0 Å². The molecular formula is C17H24N2O2S. The summed E-state index contributed by atoms with van der Waals surface area (Å²) in [5, 5.41) is 2.70. The van der Waals surface area contributed by atoms with Gasteiger partial charge in [-0.2, -0.15) is 0 Å². The van der Waals surface area contributed by atoms with Gasteiger partial charge < -0.3 is 10.2 Å². The maximum Gasteiger partial charge on any atom is 0.241 e. The van der Waals surface area contributed by atoms with Gasteiger partial charge in [0.1, 0.15) is 0 Å². The van der Waals surface area contributed by atoms with Crippen LogP contribution in [0, 0.1) is 5.92 Å². The van der Waals surface area contributed by atoms with Crippen molar-refractivity contribution in [3.05, 3.63) is 30.3 Å². The van der Waals surface area contributed by atoms with Crippen LogP contribution in [0.1, 0.15) is 26.2 Å². The second kappa shape index (κ2) is 8.83. The number of carbonyl (C=O) groups excluding carboxylic acids is 2. The van der Waals surface area contributed by atoms with Gasteiger partial charge in [0.05, 0.1) is 6.54 Å². The summed E-state index contributed by atoms with van der Waals surface area (Å²) in [6.45, 7) is 3.71. The van der Waals surface area contributed by atoms with Gasteiger partial charge in [0, 0.05) is 30.2 Å². The van der Waals surface area contributed by atoms with Gasteiger partial charge in [0.25, 0.3) is 0 Å². The molecule has 1 saturated heterocycles. The van der Waals surface area contributed by atoms with Crippen molar-refractivity contribution >= 4 is 23.6 Å². The van der Waals surface area contributed by atoms with E-state index in [1.54, 1.807) is 0 Å².